The van der Waals surface area contributed by atoms with E-state index in [1.165, 1.54) is 0 Å². The van der Waals surface area contributed by atoms with Gasteiger partial charge >= 0.3 is 18.3 Å². The highest BCUT2D eigenvalue weighted by Gasteiger charge is 2.30. The van der Waals surface area contributed by atoms with Crippen LogP contribution in [0.15, 0.2) is 24.3 Å². The minimum atomic E-state index is -1.00. The molecule has 7 N–H and O–H groups in total. The van der Waals surface area contributed by atoms with Crippen LogP contribution in [0.1, 0.15) is 53.0 Å². The van der Waals surface area contributed by atoms with Gasteiger partial charge in [-0.15, -0.1) is 0 Å². The fourth-order valence-electron chi connectivity index (χ4n) is 3.14. The summed E-state index contributed by atoms with van der Waals surface area (Å²) in [5, 5.41) is 17.2. The maximum atomic E-state index is 13.1. The van der Waals surface area contributed by atoms with Crippen LogP contribution in [0.3, 0.4) is 0 Å². The summed E-state index contributed by atoms with van der Waals surface area (Å²) in [6, 6.07) is 3.71. The molecule has 0 spiro atoms. The van der Waals surface area contributed by atoms with Crippen molar-refractivity contribution in [2.24, 2.45) is 11.7 Å². The van der Waals surface area contributed by atoms with Crippen molar-refractivity contribution in [3.05, 3.63) is 29.8 Å². The number of rotatable bonds is 13. The molecule has 0 aromatic heterocycles. The van der Waals surface area contributed by atoms with Gasteiger partial charge in [-0.25, -0.2) is 19.5 Å². The number of hydrogen-bond donors (Lipinski definition) is 6. The largest absolute Gasteiger partial charge is 0.518 e. The topological polar surface area (TPSA) is 211 Å². The average Bonchev–Trinajstić information content (AvgIpc) is 2.82. The Morgan fingerprint density at radius 3 is 2.21 bits per heavy atom. The van der Waals surface area contributed by atoms with E-state index in [1.54, 1.807) is 58.9 Å². The molecule has 0 unspecified atom stereocenters. The molecule has 1 aromatic rings. The van der Waals surface area contributed by atoms with Crippen LogP contribution >= 0.6 is 8.60 Å². The van der Waals surface area contributed by atoms with Crippen molar-refractivity contribution < 1.29 is 38.0 Å². The third-order valence-electron chi connectivity index (χ3n) is 4.92. The zero-order chi connectivity index (χ0) is 29.6. The first-order chi connectivity index (χ1) is 18.2. The smallest absolute Gasteiger partial charge is 0.444 e. The van der Waals surface area contributed by atoms with Gasteiger partial charge < -0.3 is 41.0 Å². The van der Waals surface area contributed by atoms with Crippen molar-refractivity contribution in [3.63, 3.8) is 0 Å². The fourth-order valence-corrected chi connectivity index (χ4v) is 3.26. The van der Waals surface area contributed by atoms with Gasteiger partial charge in [-0.1, -0.05) is 26.0 Å². The molecule has 2 atom stereocenters. The Morgan fingerprint density at radius 1 is 1.03 bits per heavy atom. The summed E-state index contributed by atoms with van der Waals surface area (Å²) in [5.41, 5.74) is 5.35. The maximum absolute atomic E-state index is 13.1. The van der Waals surface area contributed by atoms with Crippen molar-refractivity contribution in [1.29, 1.82) is 5.16 Å². The van der Waals surface area contributed by atoms with Crippen LogP contribution in [0.2, 0.25) is 0 Å². The zero-order valence-electron chi connectivity index (χ0n) is 22.7. The summed E-state index contributed by atoms with van der Waals surface area (Å²) in [6.45, 7) is 8.68. The number of ether oxygens (including phenoxy) is 2. The lowest BCUT2D eigenvalue weighted by Gasteiger charge is -2.27. The van der Waals surface area contributed by atoms with E-state index in [-0.39, 0.29) is 34.1 Å². The molecule has 0 radical (unpaired) electrons. The van der Waals surface area contributed by atoms with Crippen molar-refractivity contribution in [3.8, 4) is 0 Å². The van der Waals surface area contributed by atoms with Gasteiger partial charge in [0.05, 0.1) is 0 Å². The molecule has 0 bridgehead atoms. The van der Waals surface area contributed by atoms with Crippen LogP contribution in [-0.4, -0.2) is 54.3 Å². The number of carbonyl (C=O) groups excluding carboxylic acids is 5. The standard InChI is InChI=1S/C24H37N6O8P/c1-14(2)18(30-22(34)37-24(3,4)5)20(32)29-17(7-6-12-27-21(25)33)19(31)28-16-10-8-15(9-11-16)13-36-23(35)38-39-26/h8-11,14,17-18,26H,6-7,12-13H2,1-5H3,(H,28,31)(H,29,32)(H,30,34)(H3,25,27,33)/t17-,18-/m0/s1. The molecule has 39 heavy (non-hydrogen) atoms. The maximum Gasteiger partial charge on any atom is 0.518 e. The molecule has 5 amide bonds. The summed E-state index contributed by atoms with van der Waals surface area (Å²) < 4.78 is 14.4. The molecule has 0 saturated heterocycles. The van der Waals surface area contributed by atoms with E-state index in [0.717, 1.165) is 0 Å². The second-order valence-corrected chi connectivity index (χ2v) is 10.1. The van der Waals surface area contributed by atoms with Crippen LogP contribution in [0.25, 0.3) is 0 Å². The summed E-state index contributed by atoms with van der Waals surface area (Å²) in [5.74, 6) is -1.42. The number of nitrogens with two attached hydrogens (primary N) is 1. The SMILES string of the molecule is CC(C)[C@H](NC(=O)OC(C)(C)C)C(=O)N[C@@H](CCCNC(N)=O)C(=O)Nc1ccc(COC(=O)OP=N)cc1. The number of primary amides is 1. The molecule has 15 heteroatoms. The first-order valence-corrected chi connectivity index (χ1v) is 13.0. The third-order valence-corrected chi connectivity index (χ3v) is 5.16. The van der Waals surface area contributed by atoms with Crippen molar-refractivity contribution in [1.82, 2.24) is 16.0 Å². The average molecular weight is 569 g/mol. The molecule has 14 nitrogen and oxygen atoms in total. The molecule has 0 aliphatic carbocycles. The molecule has 0 fully saturated rings. The summed E-state index contributed by atoms with van der Waals surface area (Å²) in [7, 11) is -0.324. The first kappa shape index (κ1) is 33.1. The Bertz CT molecular complexity index is 1010. The minimum Gasteiger partial charge on any atom is -0.444 e. The van der Waals surface area contributed by atoms with Crippen LogP contribution in [0.5, 0.6) is 0 Å². The summed E-state index contributed by atoms with van der Waals surface area (Å²) in [4.78, 5) is 60.7. The van der Waals surface area contributed by atoms with E-state index in [4.69, 9.17) is 20.4 Å². The molecular weight excluding hydrogens is 531 g/mol. The van der Waals surface area contributed by atoms with Crippen LogP contribution < -0.4 is 27.0 Å². The third kappa shape index (κ3) is 14.0. The van der Waals surface area contributed by atoms with Gasteiger partial charge in [0.25, 0.3) is 0 Å². The van der Waals surface area contributed by atoms with Gasteiger partial charge in [-0.3, -0.25) is 9.59 Å². The van der Waals surface area contributed by atoms with Crippen molar-refractivity contribution >= 4 is 44.4 Å². The number of hydrogen-bond acceptors (Lipinski definition) is 9. The van der Waals surface area contributed by atoms with E-state index in [2.05, 4.69) is 25.8 Å². The number of urea groups is 1. The predicted molar refractivity (Wildman–Crippen MR) is 143 cm³/mol. The van der Waals surface area contributed by atoms with E-state index in [9.17, 15) is 24.0 Å². The Hall–Kier alpha value is -3.93. The monoisotopic (exact) mass is 568 g/mol. The Morgan fingerprint density at radius 2 is 1.67 bits per heavy atom. The Kier molecular flexibility index (Phi) is 13.7. The van der Waals surface area contributed by atoms with Gasteiger partial charge in [0.2, 0.25) is 20.4 Å². The van der Waals surface area contributed by atoms with E-state index >= 15 is 0 Å². The first-order valence-electron chi connectivity index (χ1n) is 12.2. The highest BCUT2D eigenvalue weighted by molar-refractivity contribution is 7.19. The molecule has 0 heterocycles. The Labute approximate surface area is 228 Å². The second-order valence-electron chi connectivity index (χ2n) is 9.77. The van der Waals surface area contributed by atoms with Crippen LogP contribution in [-0.2, 0) is 30.2 Å². The number of alkyl carbamates (subject to hydrolysis) is 1. The van der Waals surface area contributed by atoms with Gasteiger partial charge in [-0.05, 0) is 57.2 Å². The number of anilines is 1. The lowest BCUT2D eigenvalue weighted by Crippen LogP contribution is -2.55. The quantitative estimate of drug-likeness (QED) is 0.118. The lowest BCUT2D eigenvalue weighted by molar-refractivity contribution is -0.128. The highest BCUT2D eigenvalue weighted by Crippen LogP contribution is 2.14. The lowest BCUT2D eigenvalue weighted by atomic mass is 10.0. The van der Waals surface area contributed by atoms with E-state index in [1.807, 2.05) is 0 Å². The molecule has 0 aliphatic heterocycles. The fraction of sp³-hybridized carbons (Fsp3) is 0.542. The van der Waals surface area contributed by atoms with E-state index in [0.29, 0.717) is 17.7 Å². The zero-order valence-corrected chi connectivity index (χ0v) is 23.6. The summed E-state index contributed by atoms with van der Waals surface area (Å²) >= 11 is 0. The van der Waals surface area contributed by atoms with Gasteiger partial charge in [0.1, 0.15) is 24.3 Å². The van der Waals surface area contributed by atoms with Crippen LogP contribution in [0.4, 0.5) is 20.1 Å². The molecule has 0 saturated carbocycles. The van der Waals surface area contributed by atoms with Gasteiger partial charge in [0.15, 0.2) is 0 Å². The van der Waals surface area contributed by atoms with Crippen LogP contribution in [0, 0.1) is 11.1 Å². The highest BCUT2D eigenvalue weighted by atomic mass is 31.1. The minimum absolute atomic E-state index is 0.0879. The van der Waals surface area contributed by atoms with Crippen molar-refractivity contribution in [2.75, 3.05) is 11.9 Å². The molecule has 0 aliphatic rings. The normalized spacial score (nSPS) is 12.6. The molecule has 216 valence electrons. The van der Waals surface area contributed by atoms with Crippen molar-refractivity contribution in [2.45, 2.75) is 71.8 Å². The summed E-state index contributed by atoms with van der Waals surface area (Å²) in [6.07, 6.45) is -1.25. The van der Waals surface area contributed by atoms with Gasteiger partial charge in [0, 0.05) is 12.2 Å². The predicted octanol–water partition coefficient (Wildman–Crippen LogP) is 3.38. The number of nitrogens with one attached hydrogen (secondary N) is 5. The van der Waals surface area contributed by atoms with E-state index < -0.39 is 47.8 Å². The number of carbonyl (C=O) groups is 5. The molecule has 1 rings (SSSR count). The molecule has 1 aromatic carbocycles. The number of amides is 5. The molecular formula is C24H37N6O8P. The van der Waals surface area contributed by atoms with Gasteiger partial charge in [-0.2, -0.15) is 0 Å². The number of benzene rings is 1. The second kappa shape index (κ2) is 16.1. The Balaban J connectivity index is 2.92.